The van der Waals surface area contributed by atoms with E-state index in [-0.39, 0.29) is 23.3 Å². The van der Waals surface area contributed by atoms with Gasteiger partial charge in [-0.2, -0.15) is 0 Å². The zero-order valence-corrected chi connectivity index (χ0v) is 13.4. The normalized spacial score (nSPS) is 29.8. The van der Waals surface area contributed by atoms with Crippen molar-refractivity contribution in [2.45, 2.75) is 58.4 Å². The number of carbonyl (C=O) groups is 2. The lowest BCUT2D eigenvalue weighted by Gasteiger charge is -2.37. The van der Waals surface area contributed by atoms with Gasteiger partial charge in [0.2, 0.25) is 11.8 Å². The minimum Gasteiger partial charge on any atom is -0.340 e. The summed E-state index contributed by atoms with van der Waals surface area (Å²) in [6, 6.07) is -0.238. The number of hydrogen-bond donors (Lipinski definition) is 1. The first-order valence-electron chi connectivity index (χ1n) is 8.29. The molecule has 2 aliphatic rings. The van der Waals surface area contributed by atoms with E-state index in [0.717, 1.165) is 51.7 Å². The van der Waals surface area contributed by atoms with Gasteiger partial charge in [0, 0.05) is 26.1 Å². The number of likely N-dealkylation sites (tertiary alicyclic amines) is 2. The summed E-state index contributed by atoms with van der Waals surface area (Å²) in [5.74, 6) is 0.271. The quantitative estimate of drug-likeness (QED) is 0.851. The Kier molecular flexibility index (Phi) is 5.25. The monoisotopic (exact) mass is 295 g/mol. The number of nitrogens with zero attached hydrogens (tertiary/aromatic N) is 2. The Balaban J connectivity index is 2.04. The zero-order chi connectivity index (χ0) is 15.5. The topological polar surface area (TPSA) is 66.6 Å². The molecule has 0 saturated carbocycles. The van der Waals surface area contributed by atoms with Crippen molar-refractivity contribution in [1.82, 2.24) is 9.80 Å². The first-order chi connectivity index (χ1) is 10.0. The summed E-state index contributed by atoms with van der Waals surface area (Å²) in [5.41, 5.74) is 5.87. The molecule has 5 nitrogen and oxygen atoms in total. The fraction of sp³-hybridized carbons (Fsp3) is 0.875. The summed E-state index contributed by atoms with van der Waals surface area (Å²) in [5, 5.41) is 0. The molecule has 0 aliphatic carbocycles. The maximum absolute atomic E-state index is 12.8. The smallest absolute Gasteiger partial charge is 0.245 e. The molecule has 21 heavy (non-hydrogen) atoms. The van der Waals surface area contributed by atoms with E-state index in [4.69, 9.17) is 5.73 Å². The van der Waals surface area contributed by atoms with E-state index < -0.39 is 0 Å². The molecule has 2 amide bonds. The van der Waals surface area contributed by atoms with Gasteiger partial charge in [0.25, 0.3) is 0 Å². The van der Waals surface area contributed by atoms with Gasteiger partial charge in [-0.3, -0.25) is 9.59 Å². The van der Waals surface area contributed by atoms with Gasteiger partial charge in [0.15, 0.2) is 0 Å². The second-order valence-electron chi connectivity index (χ2n) is 6.87. The van der Waals surface area contributed by atoms with Crippen LogP contribution in [0.2, 0.25) is 0 Å². The summed E-state index contributed by atoms with van der Waals surface area (Å²) in [4.78, 5) is 28.8. The van der Waals surface area contributed by atoms with Crippen LogP contribution in [0.1, 0.15) is 52.4 Å². The van der Waals surface area contributed by atoms with Gasteiger partial charge >= 0.3 is 0 Å². The number of carbonyl (C=O) groups excluding carboxylic acids is 2. The Morgan fingerprint density at radius 2 is 2.05 bits per heavy atom. The van der Waals surface area contributed by atoms with Crippen LogP contribution in [0.25, 0.3) is 0 Å². The highest BCUT2D eigenvalue weighted by molar-refractivity contribution is 5.88. The number of piperidine rings is 1. The molecule has 0 aromatic carbocycles. The minimum atomic E-state index is -0.238. The van der Waals surface area contributed by atoms with Crippen molar-refractivity contribution in [2.24, 2.45) is 11.1 Å². The molecule has 0 spiro atoms. The maximum Gasteiger partial charge on any atom is 0.245 e. The predicted octanol–water partition coefficient (Wildman–Crippen LogP) is 1.36. The second kappa shape index (κ2) is 6.77. The third-order valence-electron chi connectivity index (χ3n) is 4.93. The molecule has 2 rings (SSSR count). The summed E-state index contributed by atoms with van der Waals surface area (Å²) in [6.07, 6.45) is 5.21. The van der Waals surface area contributed by atoms with E-state index in [2.05, 4.69) is 6.92 Å². The lowest BCUT2D eigenvalue weighted by molar-refractivity contribution is -0.147. The van der Waals surface area contributed by atoms with Crippen LogP contribution < -0.4 is 5.73 Å². The largest absolute Gasteiger partial charge is 0.340 e. The van der Waals surface area contributed by atoms with Crippen LogP contribution in [0.4, 0.5) is 0 Å². The van der Waals surface area contributed by atoms with E-state index in [1.807, 2.05) is 16.7 Å². The summed E-state index contributed by atoms with van der Waals surface area (Å²) >= 11 is 0. The van der Waals surface area contributed by atoms with Gasteiger partial charge in [0.1, 0.15) is 6.04 Å². The zero-order valence-electron chi connectivity index (χ0n) is 13.4. The lowest BCUT2D eigenvalue weighted by Crippen LogP contribution is -2.53. The molecule has 0 bridgehead atoms. The highest BCUT2D eigenvalue weighted by atomic mass is 16.2. The summed E-state index contributed by atoms with van der Waals surface area (Å²) in [6.45, 7) is 7.00. The average Bonchev–Trinajstić information content (AvgIpc) is 2.90. The van der Waals surface area contributed by atoms with Crippen molar-refractivity contribution in [3.8, 4) is 0 Å². The van der Waals surface area contributed by atoms with Crippen LogP contribution in [0.15, 0.2) is 0 Å². The standard InChI is InChI=1S/C16H29N3O2/c1-3-6-14(20)19-9-5-4-7-13(19)15(21)18-10-8-16(2,11-17)12-18/h13H,3-12,17H2,1-2H3. The third kappa shape index (κ3) is 3.57. The molecular weight excluding hydrogens is 266 g/mol. The molecule has 2 fully saturated rings. The Morgan fingerprint density at radius 1 is 1.29 bits per heavy atom. The van der Waals surface area contributed by atoms with Gasteiger partial charge in [0.05, 0.1) is 0 Å². The molecule has 2 heterocycles. The molecule has 120 valence electrons. The van der Waals surface area contributed by atoms with Crippen molar-refractivity contribution >= 4 is 11.8 Å². The van der Waals surface area contributed by atoms with Gasteiger partial charge < -0.3 is 15.5 Å². The van der Waals surface area contributed by atoms with Gasteiger partial charge in [-0.25, -0.2) is 0 Å². The molecule has 0 aromatic rings. The molecular formula is C16H29N3O2. The number of hydrogen-bond acceptors (Lipinski definition) is 3. The lowest BCUT2D eigenvalue weighted by atomic mass is 9.90. The van der Waals surface area contributed by atoms with Crippen molar-refractivity contribution in [2.75, 3.05) is 26.2 Å². The summed E-state index contributed by atoms with van der Waals surface area (Å²) in [7, 11) is 0. The number of rotatable bonds is 4. The Labute approximate surface area is 127 Å². The van der Waals surface area contributed by atoms with Crippen LogP contribution >= 0.6 is 0 Å². The van der Waals surface area contributed by atoms with E-state index in [1.54, 1.807) is 0 Å². The molecule has 5 heteroatoms. The van der Waals surface area contributed by atoms with Crippen molar-refractivity contribution in [1.29, 1.82) is 0 Å². The Morgan fingerprint density at radius 3 is 2.67 bits per heavy atom. The van der Waals surface area contributed by atoms with Crippen LogP contribution in [0.5, 0.6) is 0 Å². The van der Waals surface area contributed by atoms with E-state index >= 15 is 0 Å². The minimum absolute atomic E-state index is 0.0442. The van der Waals surface area contributed by atoms with Crippen molar-refractivity contribution < 1.29 is 9.59 Å². The van der Waals surface area contributed by atoms with Crippen molar-refractivity contribution in [3.05, 3.63) is 0 Å². The second-order valence-corrected chi connectivity index (χ2v) is 6.87. The van der Waals surface area contributed by atoms with Gasteiger partial charge in [-0.1, -0.05) is 13.8 Å². The molecule has 2 atom stereocenters. The fourth-order valence-electron chi connectivity index (χ4n) is 3.43. The average molecular weight is 295 g/mol. The van der Waals surface area contributed by atoms with Crippen LogP contribution in [-0.2, 0) is 9.59 Å². The molecule has 0 aromatic heterocycles. The predicted molar refractivity (Wildman–Crippen MR) is 82.6 cm³/mol. The highest BCUT2D eigenvalue weighted by Crippen LogP contribution is 2.30. The highest BCUT2D eigenvalue weighted by Gasteiger charge is 2.40. The van der Waals surface area contributed by atoms with E-state index in [9.17, 15) is 9.59 Å². The fourth-order valence-corrected chi connectivity index (χ4v) is 3.43. The maximum atomic E-state index is 12.8. The third-order valence-corrected chi connectivity index (χ3v) is 4.93. The SMILES string of the molecule is CCCC(=O)N1CCCCC1C(=O)N1CCC(C)(CN)C1. The van der Waals surface area contributed by atoms with Gasteiger partial charge in [-0.15, -0.1) is 0 Å². The number of nitrogens with two attached hydrogens (primary N) is 1. The van der Waals surface area contributed by atoms with Crippen LogP contribution in [0.3, 0.4) is 0 Å². The Hall–Kier alpha value is -1.10. The van der Waals surface area contributed by atoms with Crippen LogP contribution in [0, 0.1) is 5.41 Å². The molecule has 2 saturated heterocycles. The van der Waals surface area contributed by atoms with E-state index in [0.29, 0.717) is 13.0 Å². The summed E-state index contributed by atoms with van der Waals surface area (Å²) < 4.78 is 0. The molecule has 2 N–H and O–H groups in total. The van der Waals surface area contributed by atoms with Crippen molar-refractivity contribution in [3.63, 3.8) is 0 Å². The molecule has 0 radical (unpaired) electrons. The molecule has 2 unspecified atom stereocenters. The van der Waals surface area contributed by atoms with E-state index in [1.165, 1.54) is 0 Å². The van der Waals surface area contributed by atoms with Crippen LogP contribution in [-0.4, -0.2) is 53.8 Å². The first kappa shape index (κ1) is 16.3. The van der Waals surface area contributed by atoms with Gasteiger partial charge in [-0.05, 0) is 44.1 Å². The Bertz CT molecular complexity index is 399. The number of amides is 2. The first-order valence-corrected chi connectivity index (χ1v) is 8.29. The molecule has 2 aliphatic heterocycles.